The molecule has 74 valence electrons. The highest BCUT2D eigenvalue weighted by molar-refractivity contribution is 5.81. The van der Waals surface area contributed by atoms with E-state index in [1.54, 1.807) is 24.5 Å². The first-order chi connectivity index (χ1) is 6.83. The molecule has 0 aromatic carbocycles. The summed E-state index contributed by atoms with van der Waals surface area (Å²) in [6, 6.07) is 3.55. The third kappa shape index (κ3) is 3.71. The van der Waals surface area contributed by atoms with E-state index in [-0.39, 0.29) is 6.61 Å². The first-order valence-corrected chi connectivity index (χ1v) is 4.15. The van der Waals surface area contributed by atoms with Gasteiger partial charge in [-0.05, 0) is 12.1 Å². The van der Waals surface area contributed by atoms with Gasteiger partial charge >= 0.3 is 5.97 Å². The summed E-state index contributed by atoms with van der Waals surface area (Å²) in [7, 11) is 0. The molecule has 1 rings (SSSR count). The third-order valence-electron chi connectivity index (χ3n) is 1.40. The maximum Gasteiger partial charge on any atom is 0.330 e. The molecule has 0 spiro atoms. The van der Waals surface area contributed by atoms with Crippen LogP contribution in [0, 0.1) is 0 Å². The van der Waals surface area contributed by atoms with Crippen molar-refractivity contribution in [2.75, 3.05) is 13.2 Å². The number of rotatable bonds is 5. The molecular weight excluding hydrogens is 182 g/mol. The molecule has 0 aliphatic heterocycles. The second-order valence-corrected chi connectivity index (χ2v) is 2.41. The van der Waals surface area contributed by atoms with E-state index in [4.69, 9.17) is 9.47 Å². The monoisotopic (exact) mass is 193 g/mol. The number of esters is 1. The Morgan fingerprint density at radius 3 is 3.07 bits per heavy atom. The summed E-state index contributed by atoms with van der Waals surface area (Å²) in [6.07, 6.45) is 4.37. The second kappa shape index (κ2) is 5.75. The van der Waals surface area contributed by atoms with Crippen LogP contribution in [0.4, 0.5) is 0 Å². The van der Waals surface area contributed by atoms with Gasteiger partial charge in [-0.25, -0.2) is 4.79 Å². The number of ether oxygens (including phenoxy) is 2. The van der Waals surface area contributed by atoms with E-state index in [1.807, 2.05) is 0 Å². The molecule has 4 nitrogen and oxygen atoms in total. The van der Waals surface area contributed by atoms with Crippen LogP contribution in [0.2, 0.25) is 0 Å². The largest absolute Gasteiger partial charge is 0.488 e. The lowest BCUT2D eigenvalue weighted by atomic mass is 10.5. The highest BCUT2D eigenvalue weighted by Crippen LogP contribution is 2.05. The lowest BCUT2D eigenvalue weighted by molar-refractivity contribution is -0.138. The minimum atomic E-state index is -0.445. The van der Waals surface area contributed by atoms with E-state index < -0.39 is 5.97 Å². The number of hydrogen-bond acceptors (Lipinski definition) is 4. The first kappa shape index (κ1) is 10.2. The Morgan fingerprint density at radius 2 is 2.43 bits per heavy atom. The predicted octanol–water partition coefficient (Wildman–Crippen LogP) is 1.19. The molecule has 0 saturated heterocycles. The molecule has 0 saturated carbocycles. The van der Waals surface area contributed by atoms with Crippen LogP contribution >= 0.6 is 0 Å². The highest BCUT2D eigenvalue weighted by Gasteiger charge is 1.95. The van der Waals surface area contributed by atoms with Crippen LogP contribution in [0.25, 0.3) is 0 Å². The van der Waals surface area contributed by atoms with Crippen molar-refractivity contribution >= 4 is 5.97 Å². The van der Waals surface area contributed by atoms with Crippen LogP contribution in [-0.2, 0) is 9.53 Å². The van der Waals surface area contributed by atoms with Gasteiger partial charge in [0.2, 0.25) is 0 Å². The highest BCUT2D eigenvalue weighted by atomic mass is 16.6. The Balaban J connectivity index is 2.16. The predicted molar refractivity (Wildman–Crippen MR) is 50.9 cm³/mol. The van der Waals surface area contributed by atoms with Gasteiger partial charge in [0, 0.05) is 12.3 Å². The Kier molecular flexibility index (Phi) is 4.20. The fourth-order valence-electron chi connectivity index (χ4n) is 0.793. The molecule has 4 heteroatoms. The quantitative estimate of drug-likeness (QED) is 0.400. The van der Waals surface area contributed by atoms with Crippen molar-refractivity contribution in [3.63, 3.8) is 0 Å². The molecule has 1 heterocycles. The second-order valence-electron chi connectivity index (χ2n) is 2.41. The fraction of sp³-hybridized carbons (Fsp3) is 0.200. The van der Waals surface area contributed by atoms with Gasteiger partial charge in [0.15, 0.2) is 0 Å². The smallest absolute Gasteiger partial charge is 0.330 e. The molecular formula is C10H11NO3. The summed E-state index contributed by atoms with van der Waals surface area (Å²) in [5.74, 6) is 0.210. The standard InChI is InChI=1S/C10H11NO3/c1-2-10(12)14-7-6-13-9-4-3-5-11-8-9/h2-5,8H,1,6-7H2. The minimum Gasteiger partial charge on any atom is -0.488 e. The molecule has 0 fully saturated rings. The molecule has 0 atom stereocenters. The number of carbonyl (C=O) groups is 1. The summed E-state index contributed by atoms with van der Waals surface area (Å²) >= 11 is 0. The van der Waals surface area contributed by atoms with Crippen LogP contribution in [0.5, 0.6) is 5.75 Å². The van der Waals surface area contributed by atoms with Crippen molar-refractivity contribution in [3.8, 4) is 5.75 Å². The molecule has 0 radical (unpaired) electrons. The van der Waals surface area contributed by atoms with E-state index in [0.29, 0.717) is 12.4 Å². The zero-order valence-electron chi connectivity index (χ0n) is 7.68. The van der Waals surface area contributed by atoms with Gasteiger partial charge in [0.1, 0.15) is 19.0 Å². The van der Waals surface area contributed by atoms with E-state index in [9.17, 15) is 4.79 Å². The molecule has 0 amide bonds. The molecule has 0 aliphatic rings. The van der Waals surface area contributed by atoms with Crippen molar-refractivity contribution in [2.24, 2.45) is 0 Å². The van der Waals surface area contributed by atoms with Crippen LogP contribution in [0.1, 0.15) is 0 Å². The van der Waals surface area contributed by atoms with Crippen molar-refractivity contribution in [2.45, 2.75) is 0 Å². The Labute approximate surface area is 82.2 Å². The van der Waals surface area contributed by atoms with Gasteiger partial charge in [-0.2, -0.15) is 0 Å². The average Bonchev–Trinajstić information content (AvgIpc) is 2.25. The topological polar surface area (TPSA) is 48.4 Å². The van der Waals surface area contributed by atoms with E-state index >= 15 is 0 Å². The molecule has 0 aliphatic carbocycles. The summed E-state index contributed by atoms with van der Waals surface area (Å²) in [6.45, 7) is 3.79. The molecule has 0 unspecified atom stereocenters. The summed E-state index contributed by atoms with van der Waals surface area (Å²) < 4.78 is 9.94. The Bertz CT molecular complexity index is 297. The maximum atomic E-state index is 10.6. The maximum absolute atomic E-state index is 10.6. The van der Waals surface area contributed by atoms with Gasteiger partial charge in [-0.1, -0.05) is 6.58 Å². The van der Waals surface area contributed by atoms with E-state index in [1.165, 1.54) is 0 Å². The lowest BCUT2D eigenvalue weighted by Gasteiger charge is -2.04. The van der Waals surface area contributed by atoms with Crippen molar-refractivity contribution < 1.29 is 14.3 Å². The lowest BCUT2D eigenvalue weighted by Crippen LogP contribution is -2.10. The Morgan fingerprint density at radius 1 is 1.57 bits per heavy atom. The fourth-order valence-corrected chi connectivity index (χ4v) is 0.793. The van der Waals surface area contributed by atoms with Crippen molar-refractivity contribution in [1.29, 1.82) is 0 Å². The van der Waals surface area contributed by atoms with Crippen LogP contribution < -0.4 is 4.74 Å². The van der Waals surface area contributed by atoms with Crippen LogP contribution in [-0.4, -0.2) is 24.2 Å². The van der Waals surface area contributed by atoms with Crippen LogP contribution in [0.3, 0.4) is 0 Å². The van der Waals surface area contributed by atoms with Gasteiger partial charge in [-0.15, -0.1) is 0 Å². The number of nitrogens with zero attached hydrogens (tertiary/aromatic N) is 1. The van der Waals surface area contributed by atoms with Gasteiger partial charge in [0.05, 0.1) is 6.20 Å². The number of hydrogen-bond donors (Lipinski definition) is 0. The molecule has 1 aromatic rings. The Hall–Kier alpha value is -1.84. The molecule has 1 aromatic heterocycles. The van der Waals surface area contributed by atoms with Gasteiger partial charge in [0.25, 0.3) is 0 Å². The summed E-state index contributed by atoms with van der Waals surface area (Å²) in [5.41, 5.74) is 0. The summed E-state index contributed by atoms with van der Waals surface area (Å²) in [4.78, 5) is 14.5. The molecule has 0 bridgehead atoms. The zero-order valence-corrected chi connectivity index (χ0v) is 7.68. The number of aromatic nitrogens is 1. The minimum absolute atomic E-state index is 0.208. The van der Waals surface area contributed by atoms with Crippen molar-refractivity contribution in [3.05, 3.63) is 37.2 Å². The normalized spacial score (nSPS) is 9.14. The zero-order chi connectivity index (χ0) is 10.2. The molecule has 14 heavy (non-hydrogen) atoms. The van der Waals surface area contributed by atoms with Gasteiger partial charge < -0.3 is 9.47 Å². The average molecular weight is 193 g/mol. The van der Waals surface area contributed by atoms with E-state index in [2.05, 4.69) is 11.6 Å². The molecule has 0 N–H and O–H groups in total. The first-order valence-electron chi connectivity index (χ1n) is 4.15. The third-order valence-corrected chi connectivity index (χ3v) is 1.40. The summed E-state index contributed by atoms with van der Waals surface area (Å²) in [5, 5.41) is 0. The van der Waals surface area contributed by atoms with E-state index in [0.717, 1.165) is 6.08 Å². The van der Waals surface area contributed by atoms with Crippen molar-refractivity contribution in [1.82, 2.24) is 4.98 Å². The van der Waals surface area contributed by atoms with Gasteiger partial charge in [-0.3, -0.25) is 4.98 Å². The SMILES string of the molecule is C=CC(=O)OCCOc1cccnc1. The van der Waals surface area contributed by atoms with Crippen LogP contribution in [0.15, 0.2) is 37.2 Å². The number of carbonyl (C=O) groups excluding carboxylic acids is 1. The number of pyridine rings is 1.